The van der Waals surface area contributed by atoms with Gasteiger partial charge < -0.3 is 4.90 Å². The number of nitriles is 1. The average molecular weight is 336 g/mol. The Morgan fingerprint density at radius 1 is 1.26 bits per heavy atom. The summed E-state index contributed by atoms with van der Waals surface area (Å²) in [5, 5.41) is 8.60. The first kappa shape index (κ1) is 17.9. The molecule has 0 aromatic heterocycles. The molecule has 0 amide bonds. The molecule has 0 unspecified atom stereocenters. The molecule has 0 radical (unpaired) electrons. The number of rotatable bonds is 7. The fourth-order valence-corrected chi connectivity index (χ4v) is 3.73. The highest BCUT2D eigenvalue weighted by atomic mass is 32.2. The lowest BCUT2D eigenvalue weighted by atomic mass is 9.94. The van der Waals surface area contributed by atoms with Gasteiger partial charge in [-0.25, -0.2) is 0 Å². The van der Waals surface area contributed by atoms with Gasteiger partial charge in [0.15, 0.2) is 0 Å². The molecule has 126 valence electrons. The van der Waals surface area contributed by atoms with Gasteiger partial charge in [0.1, 0.15) is 0 Å². The highest BCUT2D eigenvalue weighted by Crippen LogP contribution is 2.21. The molecule has 6 heteroatoms. The molecule has 0 bridgehead atoms. The van der Waals surface area contributed by atoms with Crippen LogP contribution in [0.1, 0.15) is 31.2 Å². The van der Waals surface area contributed by atoms with Gasteiger partial charge in [-0.1, -0.05) is 17.7 Å². The first-order valence-corrected chi connectivity index (χ1v) is 9.47. The lowest BCUT2D eigenvalue weighted by Gasteiger charge is -2.31. The summed E-state index contributed by atoms with van der Waals surface area (Å²) in [5.41, 5.74) is 1.02. The van der Waals surface area contributed by atoms with E-state index in [1.54, 1.807) is 24.3 Å². The predicted octanol–water partition coefficient (Wildman–Crippen LogP) is 2.72. The Morgan fingerprint density at radius 3 is 2.52 bits per heavy atom. The minimum atomic E-state index is -3.65. The molecule has 0 N–H and O–H groups in total. The van der Waals surface area contributed by atoms with Gasteiger partial charge in [-0.05, 0) is 57.3 Å². The van der Waals surface area contributed by atoms with Crippen LogP contribution in [0.5, 0.6) is 0 Å². The first-order chi connectivity index (χ1) is 11.0. The molecule has 5 nitrogen and oxygen atoms in total. The lowest BCUT2D eigenvalue weighted by Crippen LogP contribution is -2.34. The van der Waals surface area contributed by atoms with Gasteiger partial charge in [-0.15, -0.1) is 0 Å². The summed E-state index contributed by atoms with van der Waals surface area (Å²) < 4.78 is 29.4. The van der Waals surface area contributed by atoms with Gasteiger partial charge in [0.2, 0.25) is 0 Å². The Bertz CT molecular complexity index is 627. The van der Waals surface area contributed by atoms with Crippen LogP contribution in [0.2, 0.25) is 0 Å². The van der Waals surface area contributed by atoms with E-state index in [2.05, 4.69) is 11.0 Å². The van der Waals surface area contributed by atoms with Crippen LogP contribution in [0.15, 0.2) is 29.2 Å². The highest BCUT2D eigenvalue weighted by molar-refractivity contribution is 7.86. The van der Waals surface area contributed by atoms with Crippen molar-refractivity contribution >= 4 is 10.1 Å². The normalized spacial score (nSPS) is 17.0. The van der Waals surface area contributed by atoms with Gasteiger partial charge in [-0.3, -0.25) is 4.18 Å². The molecule has 1 fully saturated rings. The largest absolute Gasteiger partial charge is 0.302 e. The Hall–Kier alpha value is -1.42. The molecule has 0 spiro atoms. The molecule has 1 saturated heterocycles. The van der Waals surface area contributed by atoms with E-state index in [0.29, 0.717) is 12.3 Å². The quantitative estimate of drug-likeness (QED) is 0.716. The van der Waals surface area contributed by atoms with E-state index in [1.807, 2.05) is 6.92 Å². The number of hydrogen-bond donors (Lipinski definition) is 0. The Labute approximate surface area is 139 Å². The maximum atomic E-state index is 12.1. The summed E-state index contributed by atoms with van der Waals surface area (Å²) in [6.45, 7) is 4.95. The predicted molar refractivity (Wildman–Crippen MR) is 88.3 cm³/mol. The van der Waals surface area contributed by atoms with Gasteiger partial charge in [0, 0.05) is 13.0 Å². The second kappa shape index (κ2) is 8.44. The van der Waals surface area contributed by atoms with Crippen LogP contribution in [-0.2, 0) is 14.3 Å². The molecular weight excluding hydrogens is 312 g/mol. The Kier molecular flexibility index (Phi) is 6.58. The molecule has 1 aromatic carbocycles. The number of benzene rings is 1. The molecule has 0 aliphatic carbocycles. The molecule has 1 aliphatic rings. The van der Waals surface area contributed by atoms with Gasteiger partial charge in [0.05, 0.1) is 17.6 Å². The van der Waals surface area contributed by atoms with Crippen LogP contribution in [0.4, 0.5) is 0 Å². The molecule has 1 heterocycles. The highest BCUT2D eigenvalue weighted by Gasteiger charge is 2.20. The summed E-state index contributed by atoms with van der Waals surface area (Å²) in [6, 6.07) is 8.87. The minimum Gasteiger partial charge on any atom is -0.302 e. The van der Waals surface area contributed by atoms with Crippen molar-refractivity contribution in [2.75, 3.05) is 26.2 Å². The fraction of sp³-hybridized carbons (Fsp3) is 0.588. The summed E-state index contributed by atoms with van der Waals surface area (Å²) in [7, 11) is -3.65. The van der Waals surface area contributed by atoms with E-state index in [0.717, 1.165) is 44.5 Å². The van der Waals surface area contributed by atoms with Crippen molar-refractivity contribution in [3.63, 3.8) is 0 Å². The summed E-state index contributed by atoms with van der Waals surface area (Å²) >= 11 is 0. The van der Waals surface area contributed by atoms with Crippen molar-refractivity contribution in [3.05, 3.63) is 29.8 Å². The summed E-state index contributed by atoms with van der Waals surface area (Å²) in [5.74, 6) is 0.501. The standard InChI is InChI=1S/C17H24N2O3S/c1-15-3-5-17(6-4-15)23(20,21)22-14-9-16-7-12-19(13-8-16)11-2-10-18/h3-6,16H,2,7-9,11-14H2,1H3. The van der Waals surface area contributed by atoms with E-state index >= 15 is 0 Å². The second-order valence-corrected chi connectivity index (χ2v) is 7.69. The number of piperidine rings is 1. The molecule has 1 aromatic rings. The third-order valence-electron chi connectivity index (χ3n) is 4.32. The van der Waals surface area contributed by atoms with Gasteiger partial charge in [0.25, 0.3) is 10.1 Å². The minimum absolute atomic E-state index is 0.217. The maximum Gasteiger partial charge on any atom is 0.296 e. The molecular formula is C17H24N2O3S. The van der Waals surface area contributed by atoms with Crippen molar-refractivity contribution in [1.29, 1.82) is 5.26 Å². The number of likely N-dealkylation sites (tertiary alicyclic amines) is 1. The third-order valence-corrected chi connectivity index (χ3v) is 5.65. The SMILES string of the molecule is Cc1ccc(S(=O)(=O)OCCC2CCN(CCC#N)CC2)cc1. The van der Waals surface area contributed by atoms with Crippen LogP contribution in [0, 0.1) is 24.2 Å². The summed E-state index contributed by atoms with van der Waals surface area (Å²) in [4.78, 5) is 2.51. The van der Waals surface area contributed by atoms with E-state index in [-0.39, 0.29) is 11.5 Å². The molecule has 23 heavy (non-hydrogen) atoms. The van der Waals surface area contributed by atoms with E-state index in [4.69, 9.17) is 9.44 Å². The first-order valence-electron chi connectivity index (χ1n) is 8.06. The van der Waals surface area contributed by atoms with Crippen LogP contribution >= 0.6 is 0 Å². The topological polar surface area (TPSA) is 70.4 Å². The fourth-order valence-electron chi connectivity index (χ4n) is 2.80. The molecule has 0 atom stereocenters. The van der Waals surface area contributed by atoms with Crippen molar-refractivity contribution in [2.24, 2.45) is 5.92 Å². The van der Waals surface area contributed by atoms with Crippen LogP contribution < -0.4 is 0 Å². The number of hydrogen-bond acceptors (Lipinski definition) is 5. The smallest absolute Gasteiger partial charge is 0.296 e. The van der Waals surface area contributed by atoms with Gasteiger partial charge >= 0.3 is 0 Å². The zero-order valence-electron chi connectivity index (χ0n) is 13.6. The number of nitrogens with zero attached hydrogens (tertiary/aromatic N) is 2. The van der Waals surface area contributed by atoms with E-state index in [9.17, 15) is 8.42 Å². The molecule has 0 saturated carbocycles. The van der Waals surface area contributed by atoms with Crippen LogP contribution in [0.3, 0.4) is 0 Å². The van der Waals surface area contributed by atoms with Crippen molar-refractivity contribution in [3.8, 4) is 6.07 Å². The maximum absolute atomic E-state index is 12.1. The average Bonchev–Trinajstić information content (AvgIpc) is 2.54. The monoisotopic (exact) mass is 336 g/mol. The Morgan fingerprint density at radius 2 is 1.91 bits per heavy atom. The second-order valence-electron chi connectivity index (χ2n) is 6.07. The third kappa shape index (κ3) is 5.61. The van der Waals surface area contributed by atoms with Crippen molar-refractivity contribution in [2.45, 2.75) is 37.5 Å². The zero-order valence-corrected chi connectivity index (χ0v) is 14.4. The zero-order chi connectivity index (χ0) is 16.7. The lowest BCUT2D eigenvalue weighted by molar-refractivity contribution is 0.167. The van der Waals surface area contributed by atoms with Crippen LogP contribution in [-0.4, -0.2) is 39.6 Å². The molecule has 2 rings (SSSR count). The van der Waals surface area contributed by atoms with Gasteiger partial charge in [-0.2, -0.15) is 13.7 Å². The van der Waals surface area contributed by atoms with E-state index in [1.165, 1.54) is 0 Å². The van der Waals surface area contributed by atoms with E-state index < -0.39 is 10.1 Å². The van der Waals surface area contributed by atoms with Crippen molar-refractivity contribution < 1.29 is 12.6 Å². The molecule has 1 aliphatic heterocycles. The Balaban J connectivity index is 1.73. The van der Waals surface area contributed by atoms with Crippen LogP contribution in [0.25, 0.3) is 0 Å². The summed E-state index contributed by atoms with van der Waals surface area (Å²) in [6.07, 6.45) is 3.42. The number of aryl methyl sites for hydroxylation is 1. The van der Waals surface area contributed by atoms with Crippen molar-refractivity contribution in [1.82, 2.24) is 4.90 Å².